The number of halogens is 1. The normalized spacial score (nSPS) is 17.0. The topological polar surface area (TPSA) is 88.4 Å². The highest BCUT2D eigenvalue weighted by Gasteiger charge is 2.38. The molecule has 0 radical (unpaired) electrons. The van der Waals surface area contributed by atoms with Gasteiger partial charge in [0.25, 0.3) is 5.91 Å². The van der Waals surface area contributed by atoms with E-state index in [1.807, 2.05) is 0 Å². The van der Waals surface area contributed by atoms with E-state index in [4.69, 9.17) is 0 Å². The zero-order valence-corrected chi connectivity index (χ0v) is 11.3. The number of aromatic nitrogens is 1. The van der Waals surface area contributed by atoms with Crippen molar-refractivity contribution in [2.75, 3.05) is 16.8 Å². The van der Waals surface area contributed by atoms with Gasteiger partial charge in [-0.3, -0.25) is 14.9 Å². The summed E-state index contributed by atoms with van der Waals surface area (Å²) in [5, 5.41) is 13.7. The van der Waals surface area contributed by atoms with Gasteiger partial charge in [-0.15, -0.1) is 0 Å². The van der Waals surface area contributed by atoms with Gasteiger partial charge in [-0.25, -0.2) is 9.37 Å². The van der Waals surface area contributed by atoms with E-state index in [-0.39, 0.29) is 23.2 Å². The highest BCUT2D eigenvalue weighted by atomic mass is 19.1. The number of hydrogen-bond donors (Lipinski definition) is 1. The van der Waals surface area contributed by atoms with Gasteiger partial charge < -0.3 is 10.2 Å². The number of pyridine rings is 1. The van der Waals surface area contributed by atoms with Crippen LogP contribution in [-0.2, 0) is 4.79 Å². The van der Waals surface area contributed by atoms with Crippen LogP contribution in [0, 0.1) is 15.9 Å². The van der Waals surface area contributed by atoms with Crippen molar-refractivity contribution in [2.24, 2.45) is 0 Å². The lowest BCUT2D eigenvalue weighted by molar-refractivity contribution is -0.384. The van der Waals surface area contributed by atoms with Gasteiger partial charge in [0, 0.05) is 18.0 Å². The van der Waals surface area contributed by atoms with Crippen LogP contribution in [-0.4, -0.2) is 28.4 Å². The molecule has 7 nitrogen and oxygen atoms in total. The van der Waals surface area contributed by atoms with Crippen LogP contribution in [0.2, 0.25) is 0 Å². The maximum absolute atomic E-state index is 12.9. The predicted octanol–water partition coefficient (Wildman–Crippen LogP) is 1.96. The van der Waals surface area contributed by atoms with Crippen molar-refractivity contribution < 1.29 is 14.1 Å². The van der Waals surface area contributed by atoms with E-state index in [0.29, 0.717) is 12.2 Å². The first-order valence-corrected chi connectivity index (χ1v) is 6.49. The number of rotatable bonds is 4. The first-order chi connectivity index (χ1) is 10.6. The summed E-state index contributed by atoms with van der Waals surface area (Å²) in [7, 11) is 0. The Morgan fingerprint density at radius 2 is 2.05 bits per heavy atom. The van der Waals surface area contributed by atoms with Gasteiger partial charge in [-0.2, -0.15) is 0 Å². The summed E-state index contributed by atoms with van der Waals surface area (Å²) in [4.78, 5) is 27.8. The van der Waals surface area contributed by atoms with Gasteiger partial charge in [-0.05, 0) is 30.3 Å². The predicted molar refractivity (Wildman–Crippen MR) is 77.1 cm³/mol. The maximum atomic E-state index is 12.9. The van der Waals surface area contributed by atoms with Crippen LogP contribution in [0.5, 0.6) is 0 Å². The van der Waals surface area contributed by atoms with Gasteiger partial charge in [0.15, 0.2) is 0 Å². The van der Waals surface area contributed by atoms with Crippen LogP contribution in [0.15, 0.2) is 42.6 Å². The second kappa shape index (κ2) is 5.40. The lowest BCUT2D eigenvalue weighted by Crippen LogP contribution is -2.60. The summed E-state index contributed by atoms with van der Waals surface area (Å²) in [6.07, 6.45) is 1.41. The van der Waals surface area contributed by atoms with E-state index in [9.17, 15) is 19.3 Å². The smallest absolute Gasteiger partial charge is 0.311 e. The van der Waals surface area contributed by atoms with Gasteiger partial charge in [-0.1, -0.05) is 0 Å². The molecule has 0 unspecified atom stereocenters. The molecule has 2 aromatic rings. The van der Waals surface area contributed by atoms with Crippen molar-refractivity contribution in [3.8, 4) is 0 Å². The van der Waals surface area contributed by atoms with Gasteiger partial charge in [0.2, 0.25) is 5.82 Å². The van der Waals surface area contributed by atoms with Crippen LogP contribution in [0.4, 0.5) is 21.6 Å². The zero-order chi connectivity index (χ0) is 15.7. The molecule has 1 atom stereocenters. The number of benzene rings is 1. The number of nitrogens with one attached hydrogen (secondary N) is 1. The summed E-state index contributed by atoms with van der Waals surface area (Å²) in [6, 6.07) is 7.74. The quantitative estimate of drug-likeness (QED) is 0.530. The Morgan fingerprint density at radius 1 is 1.32 bits per heavy atom. The van der Waals surface area contributed by atoms with Crippen LogP contribution in [0.1, 0.15) is 0 Å². The molecule has 1 N–H and O–H groups in total. The van der Waals surface area contributed by atoms with Gasteiger partial charge in [0.1, 0.15) is 11.9 Å². The lowest BCUT2D eigenvalue weighted by atomic mass is 10.1. The first kappa shape index (κ1) is 13.9. The Morgan fingerprint density at radius 3 is 2.68 bits per heavy atom. The fourth-order valence-electron chi connectivity index (χ4n) is 2.21. The zero-order valence-electron chi connectivity index (χ0n) is 11.3. The lowest BCUT2D eigenvalue weighted by Gasteiger charge is -2.38. The third kappa shape index (κ3) is 2.46. The minimum atomic E-state index is -0.585. The van der Waals surface area contributed by atoms with Crippen LogP contribution in [0.3, 0.4) is 0 Å². The number of anilines is 2. The minimum absolute atomic E-state index is 0.0598. The molecule has 1 aromatic carbocycles. The van der Waals surface area contributed by atoms with Crippen molar-refractivity contribution in [3.05, 3.63) is 58.5 Å². The van der Waals surface area contributed by atoms with E-state index in [1.54, 1.807) is 0 Å². The molecule has 1 aliphatic heterocycles. The Kier molecular flexibility index (Phi) is 3.42. The van der Waals surface area contributed by atoms with Crippen LogP contribution < -0.4 is 10.2 Å². The monoisotopic (exact) mass is 302 g/mol. The molecule has 0 spiro atoms. The molecule has 1 amide bonds. The Balaban J connectivity index is 1.71. The molecule has 2 heterocycles. The van der Waals surface area contributed by atoms with Crippen molar-refractivity contribution in [2.45, 2.75) is 6.04 Å². The molecule has 22 heavy (non-hydrogen) atoms. The molecule has 1 fully saturated rings. The second-order valence-electron chi connectivity index (χ2n) is 4.75. The first-order valence-electron chi connectivity index (χ1n) is 6.49. The summed E-state index contributed by atoms with van der Waals surface area (Å²) in [5.41, 5.74) is 0.399. The number of nitro groups is 1. The van der Waals surface area contributed by atoms with Gasteiger partial charge >= 0.3 is 5.69 Å². The molecule has 0 aliphatic carbocycles. The molecule has 1 saturated heterocycles. The third-order valence-corrected chi connectivity index (χ3v) is 3.36. The number of nitrogens with zero attached hydrogens (tertiary/aromatic N) is 3. The minimum Gasteiger partial charge on any atom is -0.351 e. The summed E-state index contributed by atoms with van der Waals surface area (Å²) >= 11 is 0. The van der Waals surface area contributed by atoms with Crippen molar-refractivity contribution >= 4 is 23.1 Å². The third-order valence-electron chi connectivity index (χ3n) is 3.36. The second-order valence-corrected chi connectivity index (χ2v) is 4.75. The number of amides is 1. The molecule has 0 saturated carbocycles. The molecule has 0 bridgehead atoms. The molecule has 112 valence electrons. The molecule has 3 rings (SSSR count). The summed E-state index contributed by atoms with van der Waals surface area (Å²) in [5.74, 6) is -0.563. The van der Waals surface area contributed by atoms with Gasteiger partial charge in [0.05, 0.1) is 11.5 Å². The highest BCUT2D eigenvalue weighted by Crippen LogP contribution is 2.27. The number of carbonyl (C=O) groups excluding carboxylic acids is 1. The van der Waals surface area contributed by atoms with E-state index >= 15 is 0 Å². The highest BCUT2D eigenvalue weighted by molar-refractivity contribution is 6.05. The molecule has 1 aromatic heterocycles. The average molecular weight is 302 g/mol. The Labute approximate surface area is 124 Å². The van der Waals surface area contributed by atoms with Crippen molar-refractivity contribution in [1.82, 2.24) is 4.98 Å². The van der Waals surface area contributed by atoms with Crippen LogP contribution >= 0.6 is 0 Å². The molecular weight excluding hydrogens is 291 g/mol. The van der Waals surface area contributed by atoms with E-state index in [1.165, 1.54) is 47.5 Å². The van der Waals surface area contributed by atoms with Crippen molar-refractivity contribution in [3.63, 3.8) is 0 Å². The molecular formula is C14H11FN4O3. The average Bonchev–Trinajstić information content (AvgIpc) is 2.52. The fraction of sp³-hybridized carbons (Fsp3) is 0.143. The number of hydrogen-bond acceptors (Lipinski definition) is 5. The van der Waals surface area contributed by atoms with Crippen LogP contribution in [0.25, 0.3) is 0 Å². The van der Waals surface area contributed by atoms with E-state index in [2.05, 4.69) is 10.3 Å². The largest absolute Gasteiger partial charge is 0.351 e. The molecule has 8 heteroatoms. The van der Waals surface area contributed by atoms with E-state index in [0.717, 1.165) is 0 Å². The standard InChI is InChI=1S/C14H11FN4O3/c15-9-3-5-10(6-4-9)18-8-11(14(18)20)17-13-12(19(21)22)2-1-7-16-13/h1-7,11H,8H2,(H,16,17)/t11-/m1/s1. The van der Waals surface area contributed by atoms with Crippen molar-refractivity contribution in [1.29, 1.82) is 0 Å². The summed E-state index contributed by atoms with van der Waals surface area (Å²) in [6.45, 7) is 0.332. The van der Waals surface area contributed by atoms with E-state index < -0.39 is 11.0 Å². The molecule has 1 aliphatic rings. The summed E-state index contributed by atoms with van der Waals surface area (Å²) < 4.78 is 12.9. The fourth-order valence-corrected chi connectivity index (χ4v) is 2.21. The Hall–Kier alpha value is -3.03. The SMILES string of the molecule is O=C1[C@H](Nc2ncccc2[N+](=O)[O-])CN1c1ccc(F)cc1. The number of carbonyl (C=O) groups is 1. The Bertz CT molecular complexity index is 735. The number of β-lactam (4-membered cyclic amide) rings is 1. The maximum Gasteiger partial charge on any atom is 0.311 e.